The summed E-state index contributed by atoms with van der Waals surface area (Å²) in [4.78, 5) is 4.24. The Morgan fingerprint density at radius 1 is 1.27 bits per heavy atom. The minimum absolute atomic E-state index is 0.499. The maximum absolute atomic E-state index is 9.86. The molecule has 1 aliphatic rings. The van der Waals surface area contributed by atoms with Crippen LogP contribution in [0.5, 0.6) is 0 Å². The van der Waals surface area contributed by atoms with Crippen LogP contribution in [0.4, 0.5) is 5.95 Å². The fraction of sp³-hybridized carbons (Fsp3) is 0.700. The van der Waals surface area contributed by atoms with Crippen LogP contribution in [0.15, 0.2) is 0 Å². The second-order valence-corrected chi connectivity index (χ2v) is 4.24. The molecule has 5 heteroatoms. The highest BCUT2D eigenvalue weighted by atomic mass is 16.3. The van der Waals surface area contributed by atoms with E-state index in [4.69, 9.17) is 0 Å². The van der Waals surface area contributed by atoms with Crippen LogP contribution in [-0.2, 0) is 0 Å². The van der Waals surface area contributed by atoms with Crippen LogP contribution >= 0.6 is 0 Å². The Labute approximate surface area is 89.0 Å². The van der Waals surface area contributed by atoms with Gasteiger partial charge in [0.05, 0.1) is 17.0 Å². The van der Waals surface area contributed by atoms with Crippen LogP contribution in [0, 0.1) is 13.8 Å². The zero-order valence-electron chi connectivity index (χ0n) is 9.12. The standard InChI is InChI=1S/C10H16N4O/c1-7-8(2)13-14-9(12-7)11-6-10(15)4-3-5-10/h15H,3-6H2,1-2H3,(H,11,12,14). The van der Waals surface area contributed by atoms with E-state index >= 15 is 0 Å². The highest BCUT2D eigenvalue weighted by Gasteiger charge is 2.34. The van der Waals surface area contributed by atoms with Gasteiger partial charge >= 0.3 is 0 Å². The van der Waals surface area contributed by atoms with Crippen molar-refractivity contribution in [3.63, 3.8) is 0 Å². The number of nitrogens with one attached hydrogen (secondary N) is 1. The molecule has 0 saturated heterocycles. The third-order valence-electron chi connectivity index (χ3n) is 2.95. The van der Waals surface area contributed by atoms with Gasteiger partial charge in [-0.3, -0.25) is 0 Å². The van der Waals surface area contributed by atoms with Crippen molar-refractivity contribution in [3.05, 3.63) is 11.4 Å². The molecule has 0 atom stereocenters. The molecule has 15 heavy (non-hydrogen) atoms. The Morgan fingerprint density at radius 3 is 2.53 bits per heavy atom. The predicted molar refractivity (Wildman–Crippen MR) is 56.6 cm³/mol. The van der Waals surface area contributed by atoms with Crippen LogP contribution in [0.25, 0.3) is 0 Å². The number of hydrogen-bond donors (Lipinski definition) is 2. The van der Waals surface area contributed by atoms with Crippen LogP contribution in [0.2, 0.25) is 0 Å². The largest absolute Gasteiger partial charge is 0.388 e. The van der Waals surface area contributed by atoms with Gasteiger partial charge in [0.25, 0.3) is 0 Å². The molecule has 2 N–H and O–H groups in total. The number of aryl methyl sites for hydroxylation is 2. The lowest BCUT2D eigenvalue weighted by atomic mass is 9.80. The second kappa shape index (κ2) is 3.73. The maximum atomic E-state index is 9.86. The Hall–Kier alpha value is -1.23. The van der Waals surface area contributed by atoms with Gasteiger partial charge in [0.1, 0.15) is 0 Å². The normalized spacial score (nSPS) is 18.3. The van der Waals surface area contributed by atoms with Crippen molar-refractivity contribution in [1.82, 2.24) is 15.2 Å². The van der Waals surface area contributed by atoms with Crippen molar-refractivity contribution in [1.29, 1.82) is 0 Å². The number of anilines is 1. The third-order valence-corrected chi connectivity index (χ3v) is 2.95. The van der Waals surface area contributed by atoms with Gasteiger partial charge in [-0.25, -0.2) is 4.98 Å². The van der Waals surface area contributed by atoms with Crippen molar-refractivity contribution >= 4 is 5.95 Å². The van der Waals surface area contributed by atoms with Crippen molar-refractivity contribution in [3.8, 4) is 0 Å². The lowest BCUT2D eigenvalue weighted by Gasteiger charge is -2.36. The fourth-order valence-electron chi connectivity index (χ4n) is 1.54. The molecule has 1 fully saturated rings. The van der Waals surface area contributed by atoms with Gasteiger partial charge in [-0.15, -0.1) is 5.10 Å². The van der Waals surface area contributed by atoms with Crippen LogP contribution in [0.1, 0.15) is 30.7 Å². The molecule has 1 aromatic heterocycles. The van der Waals surface area contributed by atoms with Crippen molar-refractivity contribution in [2.75, 3.05) is 11.9 Å². The molecule has 0 unspecified atom stereocenters. The van der Waals surface area contributed by atoms with Gasteiger partial charge in [0, 0.05) is 6.54 Å². The molecule has 1 aliphatic carbocycles. The molecule has 0 radical (unpaired) electrons. The highest BCUT2D eigenvalue weighted by molar-refractivity contribution is 5.25. The van der Waals surface area contributed by atoms with Gasteiger partial charge in [0.15, 0.2) is 0 Å². The Balaban J connectivity index is 1.96. The van der Waals surface area contributed by atoms with Gasteiger partial charge in [0.2, 0.25) is 5.95 Å². The van der Waals surface area contributed by atoms with E-state index in [0.717, 1.165) is 30.7 Å². The number of nitrogens with zero attached hydrogens (tertiary/aromatic N) is 3. The Kier molecular flexibility index (Phi) is 2.56. The molecule has 0 bridgehead atoms. The first kappa shape index (κ1) is 10.3. The monoisotopic (exact) mass is 208 g/mol. The molecule has 1 heterocycles. The van der Waals surface area contributed by atoms with Gasteiger partial charge in [-0.05, 0) is 33.1 Å². The first-order chi connectivity index (χ1) is 7.09. The molecular formula is C10H16N4O. The number of aliphatic hydroxyl groups is 1. The summed E-state index contributed by atoms with van der Waals surface area (Å²) in [6.07, 6.45) is 2.82. The van der Waals surface area contributed by atoms with E-state index < -0.39 is 5.60 Å². The quantitative estimate of drug-likeness (QED) is 0.769. The van der Waals surface area contributed by atoms with Crippen LogP contribution in [0.3, 0.4) is 0 Å². The molecule has 1 aromatic rings. The van der Waals surface area contributed by atoms with Crippen molar-refractivity contribution in [2.24, 2.45) is 0 Å². The third kappa shape index (κ3) is 2.23. The van der Waals surface area contributed by atoms with Crippen LogP contribution < -0.4 is 5.32 Å². The Bertz CT molecular complexity index is 362. The minimum atomic E-state index is -0.553. The summed E-state index contributed by atoms with van der Waals surface area (Å²) >= 11 is 0. The summed E-state index contributed by atoms with van der Waals surface area (Å²) in [6.45, 7) is 4.28. The zero-order valence-corrected chi connectivity index (χ0v) is 9.12. The highest BCUT2D eigenvalue weighted by Crippen LogP contribution is 2.31. The zero-order chi connectivity index (χ0) is 10.9. The summed E-state index contributed by atoms with van der Waals surface area (Å²) in [5, 5.41) is 20.8. The molecule has 82 valence electrons. The van der Waals surface area contributed by atoms with Gasteiger partial charge in [-0.2, -0.15) is 5.10 Å². The van der Waals surface area contributed by atoms with E-state index in [1.807, 2.05) is 13.8 Å². The fourth-order valence-corrected chi connectivity index (χ4v) is 1.54. The average molecular weight is 208 g/mol. The summed E-state index contributed by atoms with van der Waals surface area (Å²) in [5.41, 5.74) is 1.15. The van der Waals surface area contributed by atoms with Crippen molar-refractivity contribution < 1.29 is 5.11 Å². The van der Waals surface area contributed by atoms with E-state index in [2.05, 4.69) is 20.5 Å². The summed E-state index contributed by atoms with van der Waals surface area (Å²) in [7, 11) is 0. The summed E-state index contributed by atoms with van der Waals surface area (Å²) < 4.78 is 0. The lowest BCUT2D eigenvalue weighted by Crippen LogP contribution is -2.43. The number of rotatable bonds is 3. The van der Waals surface area contributed by atoms with E-state index in [-0.39, 0.29) is 0 Å². The molecule has 0 amide bonds. The summed E-state index contributed by atoms with van der Waals surface area (Å²) in [6, 6.07) is 0. The molecule has 0 aromatic carbocycles. The number of aromatic nitrogens is 3. The molecule has 1 saturated carbocycles. The first-order valence-corrected chi connectivity index (χ1v) is 5.23. The topological polar surface area (TPSA) is 70.9 Å². The van der Waals surface area contributed by atoms with Gasteiger partial charge in [-0.1, -0.05) is 0 Å². The molecule has 0 aliphatic heterocycles. The van der Waals surface area contributed by atoms with Crippen molar-refractivity contribution in [2.45, 2.75) is 38.7 Å². The Morgan fingerprint density at radius 2 is 2.00 bits per heavy atom. The summed E-state index contributed by atoms with van der Waals surface area (Å²) in [5.74, 6) is 0.499. The molecular weight excluding hydrogens is 192 g/mol. The van der Waals surface area contributed by atoms with E-state index in [1.54, 1.807) is 0 Å². The van der Waals surface area contributed by atoms with E-state index in [1.165, 1.54) is 0 Å². The smallest absolute Gasteiger partial charge is 0.243 e. The number of hydrogen-bond acceptors (Lipinski definition) is 5. The lowest BCUT2D eigenvalue weighted by molar-refractivity contribution is -0.0203. The van der Waals surface area contributed by atoms with E-state index in [0.29, 0.717) is 12.5 Å². The first-order valence-electron chi connectivity index (χ1n) is 5.23. The van der Waals surface area contributed by atoms with Gasteiger partial charge < -0.3 is 10.4 Å². The van der Waals surface area contributed by atoms with Crippen LogP contribution in [-0.4, -0.2) is 32.4 Å². The molecule has 2 rings (SSSR count). The SMILES string of the molecule is Cc1nnc(NCC2(O)CCC2)nc1C. The minimum Gasteiger partial charge on any atom is -0.388 e. The predicted octanol–water partition coefficient (Wildman–Crippen LogP) is 0.815. The maximum Gasteiger partial charge on any atom is 0.243 e. The molecule has 0 spiro atoms. The second-order valence-electron chi connectivity index (χ2n) is 4.24. The molecule has 5 nitrogen and oxygen atoms in total. The van der Waals surface area contributed by atoms with E-state index in [9.17, 15) is 5.11 Å². The average Bonchev–Trinajstić information content (AvgIpc) is 2.17.